The van der Waals surface area contributed by atoms with Crippen molar-refractivity contribution >= 4 is 10.9 Å². The van der Waals surface area contributed by atoms with Gasteiger partial charge in [-0.15, -0.1) is 0 Å². The highest BCUT2D eigenvalue weighted by molar-refractivity contribution is 5.86. The van der Waals surface area contributed by atoms with Crippen LogP contribution in [-0.2, 0) is 6.61 Å². The lowest BCUT2D eigenvalue weighted by atomic mass is 9.87. The number of aromatic nitrogens is 1. The molecule has 0 saturated carbocycles. The SMILES string of the molecule is Cc1[nH]c2ccccc2c1C(c1ccccc1)c1cc(=O)cc(CO)o1. The summed E-state index contributed by atoms with van der Waals surface area (Å²) in [5.41, 5.74) is 4.00. The van der Waals surface area contributed by atoms with Crippen LogP contribution < -0.4 is 5.43 Å². The molecule has 26 heavy (non-hydrogen) atoms. The second-order valence-corrected chi connectivity index (χ2v) is 6.37. The summed E-state index contributed by atoms with van der Waals surface area (Å²) in [5, 5.41) is 10.6. The molecule has 0 aliphatic carbocycles. The monoisotopic (exact) mass is 345 g/mol. The third-order valence-electron chi connectivity index (χ3n) is 4.64. The molecule has 0 saturated heterocycles. The Balaban J connectivity index is 2.02. The number of rotatable bonds is 4. The summed E-state index contributed by atoms with van der Waals surface area (Å²) in [6.07, 6.45) is 0. The predicted molar refractivity (Wildman–Crippen MR) is 101 cm³/mol. The average Bonchev–Trinajstić information content (AvgIpc) is 2.98. The molecule has 4 nitrogen and oxygen atoms in total. The first kappa shape index (κ1) is 16.4. The van der Waals surface area contributed by atoms with Gasteiger partial charge in [0.15, 0.2) is 5.43 Å². The van der Waals surface area contributed by atoms with E-state index < -0.39 is 0 Å². The van der Waals surface area contributed by atoms with Crippen LogP contribution in [0.25, 0.3) is 10.9 Å². The molecule has 4 heteroatoms. The normalized spacial score (nSPS) is 12.4. The topological polar surface area (TPSA) is 66.2 Å². The molecule has 0 fully saturated rings. The summed E-state index contributed by atoms with van der Waals surface area (Å²) >= 11 is 0. The molecule has 2 aromatic carbocycles. The molecule has 2 N–H and O–H groups in total. The van der Waals surface area contributed by atoms with Crippen molar-refractivity contribution in [2.75, 3.05) is 0 Å². The number of benzene rings is 2. The Labute approximate surface area is 150 Å². The standard InChI is InChI=1S/C22H19NO3/c1-14-21(18-9-5-6-10-19(18)23-14)22(15-7-3-2-4-8-15)20-12-16(25)11-17(13-24)26-20/h2-12,22-24H,13H2,1H3. The van der Waals surface area contributed by atoms with E-state index in [1.54, 1.807) is 0 Å². The Bertz CT molecular complexity index is 1110. The molecule has 130 valence electrons. The third kappa shape index (κ3) is 2.85. The summed E-state index contributed by atoms with van der Waals surface area (Å²) in [6.45, 7) is 1.72. The molecule has 2 aromatic heterocycles. The van der Waals surface area contributed by atoms with E-state index in [-0.39, 0.29) is 23.7 Å². The van der Waals surface area contributed by atoms with E-state index >= 15 is 0 Å². The quantitative estimate of drug-likeness (QED) is 0.585. The van der Waals surface area contributed by atoms with Gasteiger partial charge in [-0.2, -0.15) is 0 Å². The Morgan fingerprint density at radius 3 is 2.54 bits per heavy atom. The van der Waals surface area contributed by atoms with Crippen molar-refractivity contribution in [2.24, 2.45) is 0 Å². The molecule has 1 unspecified atom stereocenters. The van der Waals surface area contributed by atoms with Crippen LogP contribution >= 0.6 is 0 Å². The van der Waals surface area contributed by atoms with Crippen LogP contribution in [0.15, 0.2) is 75.9 Å². The first-order valence-corrected chi connectivity index (χ1v) is 8.54. The zero-order chi connectivity index (χ0) is 18.1. The Hall–Kier alpha value is -3.11. The highest BCUT2D eigenvalue weighted by atomic mass is 16.4. The van der Waals surface area contributed by atoms with Crippen molar-refractivity contribution in [3.05, 3.63) is 105 Å². The van der Waals surface area contributed by atoms with Crippen molar-refractivity contribution in [2.45, 2.75) is 19.4 Å². The summed E-state index contributed by atoms with van der Waals surface area (Å²) in [6, 6.07) is 20.9. The van der Waals surface area contributed by atoms with Gasteiger partial charge >= 0.3 is 0 Å². The molecule has 1 atom stereocenters. The van der Waals surface area contributed by atoms with Gasteiger partial charge in [0, 0.05) is 28.7 Å². The molecule has 0 spiro atoms. The molecule has 0 aliphatic rings. The van der Waals surface area contributed by atoms with Gasteiger partial charge in [-0.25, -0.2) is 0 Å². The number of fused-ring (bicyclic) bond motifs is 1. The van der Waals surface area contributed by atoms with Gasteiger partial charge in [-0.1, -0.05) is 48.5 Å². The van der Waals surface area contributed by atoms with Crippen molar-refractivity contribution in [1.29, 1.82) is 0 Å². The van der Waals surface area contributed by atoms with E-state index in [0.29, 0.717) is 5.76 Å². The minimum Gasteiger partial charge on any atom is -0.462 e. The lowest BCUT2D eigenvalue weighted by Crippen LogP contribution is -2.10. The number of aromatic amines is 1. The number of aliphatic hydroxyl groups is 1. The van der Waals surface area contributed by atoms with Gasteiger partial charge in [0.1, 0.15) is 18.1 Å². The van der Waals surface area contributed by atoms with E-state index in [2.05, 4.69) is 11.1 Å². The fraction of sp³-hybridized carbons (Fsp3) is 0.136. The highest BCUT2D eigenvalue weighted by Crippen LogP contribution is 2.38. The molecule has 0 amide bonds. The van der Waals surface area contributed by atoms with Gasteiger partial charge in [0.25, 0.3) is 0 Å². The maximum Gasteiger partial charge on any atom is 0.185 e. The van der Waals surface area contributed by atoms with Gasteiger partial charge in [-0.05, 0) is 24.1 Å². The molecule has 4 aromatic rings. The first-order chi connectivity index (χ1) is 12.7. The third-order valence-corrected chi connectivity index (χ3v) is 4.64. The number of H-pyrrole nitrogens is 1. The second-order valence-electron chi connectivity index (χ2n) is 6.37. The lowest BCUT2D eigenvalue weighted by Gasteiger charge is -2.18. The second kappa shape index (κ2) is 6.65. The van der Waals surface area contributed by atoms with E-state index in [1.165, 1.54) is 12.1 Å². The Morgan fingerprint density at radius 1 is 1.04 bits per heavy atom. The summed E-state index contributed by atoms with van der Waals surface area (Å²) in [5.74, 6) is 0.554. The largest absolute Gasteiger partial charge is 0.462 e. The van der Waals surface area contributed by atoms with E-state index in [4.69, 9.17) is 4.42 Å². The zero-order valence-electron chi connectivity index (χ0n) is 14.4. The lowest BCUT2D eigenvalue weighted by molar-refractivity contribution is 0.238. The number of aryl methyl sites for hydroxylation is 1. The summed E-state index contributed by atoms with van der Waals surface area (Å²) in [4.78, 5) is 15.6. The fourth-order valence-corrected chi connectivity index (χ4v) is 3.56. The highest BCUT2D eigenvalue weighted by Gasteiger charge is 2.25. The number of nitrogens with one attached hydrogen (secondary N) is 1. The molecule has 0 aliphatic heterocycles. The molecular weight excluding hydrogens is 326 g/mol. The van der Waals surface area contributed by atoms with Crippen LogP contribution in [0.4, 0.5) is 0 Å². The maximum absolute atomic E-state index is 12.1. The van der Waals surface area contributed by atoms with Gasteiger partial charge in [0.2, 0.25) is 0 Å². The number of para-hydroxylation sites is 1. The van der Waals surface area contributed by atoms with Crippen molar-refractivity contribution in [3.63, 3.8) is 0 Å². The maximum atomic E-state index is 12.1. The molecular formula is C22H19NO3. The average molecular weight is 345 g/mol. The Morgan fingerprint density at radius 2 is 1.77 bits per heavy atom. The Kier molecular flexibility index (Phi) is 4.19. The molecule has 4 rings (SSSR count). The van der Waals surface area contributed by atoms with E-state index in [1.807, 2.05) is 55.5 Å². The van der Waals surface area contributed by atoms with Crippen molar-refractivity contribution in [1.82, 2.24) is 4.98 Å². The first-order valence-electron chi connectivity index (χ1n) is 8.54. The van der Waals surface area contributed by atoms with Crippen LogP contribution in [0.1, 0.15) is 34.3 Å². The van der Waals surface area contributed by atoms with Crippen LogP contribution in [0.3, 0.4) is 0 Å². The van der Waals surface area contributed by atoms with E-state index in [9.17, 15) is 9.90 Å². The molecule has 2 heterocycles. The van der Waals surface area contributed by atoms with Gasteiger partial charge in [-0.3, -0.25) is 4.79 Å². The van der Waals surface area contributed by atoms with Crippen molar-refractivity contribution < 1.29 is 9.52 Å². The molecule has 0 radical (unpaired) electrons. The number of aliphatic hydroxyl groups excluding tert-OH is 1. The number of hydrogen-bond donors (Lipinski definition) is 2. The molecule has 0 bridgehead atoms. The van der Waals surface area contributed by atoms with Crippen LogP contribution in [0, 0.1) is 6.92 Å². The number of hydrogen-bond acceptors (Lipinski definition) is 3. The van der Waals surface area contributed by atoms with Crippen LogP contribution in [-0.4, -0.2) is 10.1 Å². The van der Waals surface area contributed by atoms with Gasteiger partial charge in [0.05, 0.1) is 5.92 Å². The van der Waals surface area contributed by atoms with E-state index in [0.717, 1.165) is 27.7 Å². The summed E-state index contributed by atoms with van der Waals surface area (Å²) < 4.78 is 5.89. The smallest absolute Gasteiger partial charge is 0.185 e. The minimum absolute atomic E-state index is 0.172. The minimum atomic E-state index is -0.308. The van der Waals surface area contributed by atoms with Crippen LogP contribution in [0.5, 0.6) is 0 Å². The van der Waals surface area contributed by atoms with Crippen LogP contribution in [0.2, 0.25) is 0 Å². The summed E-state index contributed by atoms with van der Waals surface area (Å²) in [7, 11) is 0. The van der Waals surface area contributed by atoms with Gasteiger partial charge < -0.3 is 14.5 Å². The zero-order valence-corrected chi connectivity index (χ0v) is 14.4. The predicted octanol–water partition coefficient (Wildman–Crippen LogP) is 4.10. The fourth-order valence-electron chi connectivity index (χ4n) is 3.56. The van der Waals surface area contributed by atoms with Crippen molar-refractivity contribution in [3.8, 4) is 0 Å².